The molecule has 1 aromatic rings. The van der Waals surface area contributed by atoms with Crippen LogP contribution in [0.25, 0.3) is 0 Å². The highest BCUT2D eigenvalue weighted by Crippen LogP contribution is 2.33. The lowest BCUT2D eigenvalue weighted by Crippen LogP contribution is -2.56. The number of ether oxygens (including phenoxy) is 1. The monoisotopic (exact) mass is 344 g/mol. The molecule has 1 fully saturated rings. The summed E-state index contributed by atoms with van der Waals surface area (Å²) in [4.78, 5) is 14.4. The maximum absolute atomic E-state index is 12.6. The Bertz CT molecular complexity index is 563. The number of nitrogens with two attached hydrogens (primary N) is 1. The van der Waals surface area contributed by atoms with Crippen molar-refractivity contribution in [1.82, 2.24) is 4.90 Å². The number of nitrogens with zero attached hydrogens (tertiary/aromatic N) is 1. The summed E-state index contributed by atoms with van der Waals surface area (Å²) in [5.41, 5.74) is 6.01. The number of benzene rings is 1. The minimum absolute atomic E-state index is 0.0592. The molecule has 2 N–H and O–H groups in total. The lowest BCUT2D eigenvalue weighted by molar-refractivity contribution is -0.141. The Morgan fingerprint density at radius 1 is 1.45 bits per heavy atom. The van der Waals surface area contributed by atoms with E-state index in [1.165, 1.54) is 0 Å². The molecule has 4 nitrogen and oxygen atoms in total. The summed E-state index contributed by atoms with van der Waals surface area (Å²) in [5, 5.41) is 0.730. The number of carbonyl (C=O) groups excluding carboxylic acids is 1. The Morgan fingerprint density at radius 3 is 2.77 bits per heavy atom. The molecule has 1 heterocycles. The number of likely N-dealkylation sites (tertiary alicyclic amines) is 1. The molecule has 0 aromatic heterocycles. The summed E-state index contributed by atoms with van der Waals surface area (Å²) in [6, 6.07) is 5.23. The number of halogens is 2. The summed E-state index contributed by atoms with van der Waals surface area (Å²) in [7, 11) is 0. The third kappa shape index (κ3) is 3.67. The molecule has 2 unspecified atom stereocenters. The van der Waals surface area contributed by atoms with Crippen molar-refractivity contribution in [2.75, 3.05) is 13.1 Å². The van der Waals surface area contributed by atoms with Crippen LogP contribution in [-0.2, 0) is 4.79 Å². The fourth-order valence-electron chi connectivity index (χ4n) is 2.63. The van der Waals surface area contributed by atoms with Gasteiger partial charge in [-0.1, -0.05) is 43.1 Å². The number of rotatable bonds is 3. The highest BCUT2D eigenvalue weighted by atomic mass is 35.5. The van der Waals surface area contributed by atoms with Crippen LogP contribution in [0.3, 0.4) is 0 Å². The molecule has 22 heavy (non-hydrogen) atoms. The molecule has 0 bridgehead atoms. The van der Waals surface area contributed by atoms with E-state index in [9.17, 15) is 4.79 Å². The molecular weight excluding hydrogens is 323 g/mol. The maximum Gasteiger partial charge on any atom is 0.263 e. The van der Waals surface area contributed by atoms with E-state index in [-0.39, 0.29) is 17.4 Å². The van der Waals surface area contributed by atoms with Crippen LogP contribution in [0.5, 0.6) is 5.75 Å². The summed E-state index contributed by atoms with van der Waals surface area (Å²) >= 11 is 12.1. The Kier molecular flexibility index (Phi) is 5.25. The second-order valence-electron chi connectivity index (χ2n) is 6.46. The number of piperidine rings is 1. The molecule has 0 aliphatic carbocycles. The van der Waals surface area contributed by atoms with Gasteiger partial charge in [0.25, 0.3) is 5.91 Å². The highest BCUT2D eigenvalue weighted by Gasteiger charge is 2.37. The van der Waals surface area contributed by atoms with Gasteiger partial charge in [0.2, 0.25) is 0 Å². The van der Waals surface area contributed by atoms with Gasteiger partial charge in [0.1, 0.15) is 10.8 Å². The first-order valence-electron chi connectivity index (χ1n) is 7.37. The molecule has 6 heteroatoms. The maximum atomic E-state index is 12.6. The molecule has 0 radical (unpaired) electrons. The summed E-state index contributed by atoms with van der Waals surface area (Å²) < 4.78 is 5.70. The molecule has 1 aromatic carbocycles. The van der Waals surface area contributed by atoms with Crippen LogP contribution in [0, 0.1) is 5.41 Å². The molecule has 2 atom stereocenters. The third-order valence-electron chi connectivity index (χ3n) is 4.19. The average Bonchev–Trinajstić information content (AvgIpc) is 2.46. The Labute approximate surface area is 141 Å². The standard InChI is InChI=1S/C16H22Cl2N2O2/c1-10(22-12-6-4-5-11(17)14(12)18)15(21)20-8-7-13(19)16(2,3)9-20/h4-6,10,13H,7-9,19H2,1-3H3. The van der Waals surface area contributed by atoms with E-state index in [1.807, 2.05) is 4.90 Å². The molecule has 0 spiro atoms. The minimum atomic E-state index is -0.624. The normalized spacial score (nSPS) is 22.3. The Hall–Kier alpha value is -0.970. The van der Waals surface area contributed by atoms with Gasteiger partial charge in [-0.25, -0.2) is 0 Å². The van der Waals surface area contributed by atoms with Crippen LogP contribution in [0.4, 0.5) is 0 Å². The Balaban J connectivity index is 2.05. The average molecular weight is 345 g/mol. The lowest BCUT2D eigenvalue weighted by atomic mass is 9.79. The summed E-state index contributed by atoms with van der Waals surface area (Å²) in [6.45, 7) is 7.17. The van der Waals surface area contributed by atoms with Gasteiger partial charge in [0, 0.05) is 19.1 Å². The first kappa shape index (κ1) is 17.4. The zero-order chi connectivity index (χ0) is 16.5. The predicted molar refractivity (Wildman–Crippen MR) is 89.5 cm³/mol. The van der Waals surface area contributed by atoms with E-state index in [4.69, 9.17) is 33.7 Å². The van der Waals surface area contributed by atoms with Crippen LogP contribution in [0.15, 0.2) is 18.2 Å². The van der Waals surface area contributed by atoms with Crippen molar-refractivity contribution in [3.63, 3.8) is 0 Å². The quantitative estimate of drug-likeness (QED) is 0.914. The van der Waals surface area contributed by atoms with E-state index in [1.54, 1.807) is 25.1 Å². The van der Waals surface area contributed by atoms with Crippen LogP contribution in [-0.4, -0.2) is 36.0 Å². The minimum Gasteiger partial charge on any atom is -0.479 e. The van der Waals surface area contributed by atoms with Gasteiger partial charge in [0.15, 0.2) is 6.10 Å². The zero-order valence-electron chi connectivity index (χ0n) is 13.1. The topological polar surface area (TPSA) is 55.6 Å². The largest absolute Gasteiger partial charge is 0.479 e. The van der Waals surface area contributed by atoms with Gasteiger partial charge in [-0.3, -0.25) is 4.79 Å². The molecule has 1 saturated heterocycles. The second-order valence-corrected chi connectivity index (χ2v) is 7.24. The van der Waals surface area contributed by atoms with E-state index >= 15 is 0 Å². The number of hydrogen-bond donors (Lipinski definition) is 1. The van der Waals surface area contributed by atoms with Crippen molar-refractivity contribution in [3.8, 4) is 5.75 Å². The number of carbonyl (C=O) groups is 1. The Morgan fingerprint density at radius 2 is 2.14 bits per heavy atom. The third-order valence-corrected chi connectivity index (χ3v) is 4.99. The number of hydrogen-bond acceptors (Lipinski definition) is 3. The molecule has 1 aliphatic heterocycles. The van der Waals surface area contributed by atoms with E-state index in [0.717, 1.165) is 6.42 Å². The first-order chi connectivity index (χ1) is 10.2. The molecule has 122 valence electrons. The van der Waals surface area contributed by atoms with Gasteiger partial charge >= 0.3 is 0 Å². The SMILES string of the molecule is CC(Oc1cccc(Cl)c1Cl)C(=O)N1CCC(N)C(C)(C)C1. The van der Waals surface area contributed by atoms with Gasteiger partial charge in [-0.2, -0.15) is 0 Å². The molecular formula is C16H22Cl2N2O2. The molecule has 1 aliphatic rings. The fraction of sp³-hybridized carbons (Fsp3) is 0.562. The van der Waals surface area contributed by atoms with Crippen LogP contribution in [0.2, 0.25) is 10.0 Å². The van der Waals surface area contributed by atoms with Crippen molar-refractivity contribution in [2.24, 2.45) is 11.1 Å². The lowest BCUT2D eigenvalue weighted by Gasteiger charge is -2.43. The summed E-state index contributed by atoms with van der Waals surface area (Å²) in [6.07, 6.45) is 0.171. The van der Waals surface area contributed by atoms with Gasteiger partial charge in [-0.05, 0) is 30.9 Å². The summed E-state index contributed by atoms with van der Waals surface area (Å²) in [5.74, 6) is 0.360. The predicted octanol–water partition coefficient (Wildman–Crippen LogP) is 3.35. The number of amides is 1. The van der Waals surface area contributed by atoms with Crippen LogP contribution < -0.4 is 10.5 Å². The molecule has 0 saturated carbocycles. The second kappa shape index (κ2) is 6.65. The zero-order valence-corrected chi connectivity index (χ0v) is 14.6. The van der Waals surface area contributed by atoms with Crippen molar-refractivity contribution < 1.29 is 9.53 Å². The van der Waals surface area contributed by atoms with Crippen molar-refractivity contribution in [3.05, 3.63) is 28.2 Å². The van der Waals surface area contributed by atoms with E-state index < -0.39 is 6.10 Å². The van der Waals surface area contributed by atoms with E-state index in [0.29, 0.717) is 28.9 Å². The van der Waals surface area contributed by atoms with Crippen molar-refractivity contribution in [1.29, 1.82) is 0 Å². The highest BCUT2D eigenvalue weighted by molar-refractivity contribution is 6.42. The fourth-order valence-corrected chi connectivity index (χ4v) is 2.97. The molecule has 2 rings (SSSR count). The van der Waals surface area contributed by atoms with Gasteiger partial charge in [-0.15, -0.1) is 0 Å². The smallest absolute Gasteiger partial charge is 0.263 e. The van der Waals surface area contributed by atoms with E-state index in [2.05, 4.69) is 13.8 Å². The van der Waals surface area contributed by atoms with Crippen LogP contribution in [0.1, 0.15) is 27.2 Å². The van der Waals surface area contributed by atoms with Crippen LogP contribution >= 0.6 is 23.2 Å². The first-order valence-corrected chi connectivity index (χ1v) is 8.13. The van der Waals surface area contributed by atoms with Crippen molar-refractivity contribution in [2.45, 2.75) is 39.3 Å². The van der Waals surface area contributed by atoms with Gasteiger partial charge in [0.05, 0.1) is 5.02 Å². The molecule has 1 amide bonds. The van der Waals surface area contributed by atoms with Crippen molar-refractivity contribution >= 4 is 29.1 Å². The van der Waals surface area contributed by atoms with Gasteiger partial charge < -0.3 is 15.4 Å².